The molecule has 0 unspecified atom stereocenters. The zero-order chi connectivity index (χ0) is 15.6. The van der Waals surface area contributed by atoms with Gasteiger partial charge < -0.3 is 14.8 Å². The molecular weight excluding hydrogens is 258 g/mol. The first kappa shape index (κ1) is 17.0. The van der Waals surface area contributed by atoms with Crippen LogP contribution in [0.15, 0.2) is 0 Å². The molecule has 1 aliphatic rings. The molecule has 0 saturated carbocycles. The summed E-state index contributed by atoms with van der Waals surface area (Å²) in [4.78, 5) is 24.2. The lowest BCUT2D eigenvalue weighted by Crippen LogP contribution is -2.47. The van der Waals surface area contributed by atoms with E-state index in [2.05, 4.69) is 19.2 Å². The van der Waals surface area contributed by atoms with Crippen LogP contribution >= 0.6 is 0 Å². The normalized spacial score (nSPS) is 23.4. The fourth-order valence-electron chi connectivity index (χ4n) is 1.84. The summed E-state index contributed by atoms with van der Waals surface area (Å²) in [5.74, 6) is 0.405. The average molecular weight is 285 g/mol. The van der Waals surface area contributed by atoms with Crippen molar-refractivity contribution in [3.8, 4) is 0 Å². The van der Waals surface area contributed by atoms with Crippen LogP contribution in [0.4, 0.5) is 4.79 Å². The summed E-state index contributed by atoms with van der Waals surface area (Å²) < 4.78 is 10.4. The number of carbonyl (C=O) groups excluding carboxylic acids is 2. The van der Waals surface area contributed by atoms with Crippen molar-refractivity contribution in [1.29, 1.82) is 0 Å². The number of ketones is 1. The highest BCUT2D eigenvalue weighted by atomic mass is 16.6. The van der Waals surface area contributed by atoms with E-state index in [1.165, 1.54) is 0 Å². The molecule has 1 N–H and O–H groups in total. The van der Waals surface area contributed by atoms with E-state index in [1.54, 1.807) is 27.7 Å². The third-order valence-corrected chi connectivity index (χ3v) is 3.14. The van der Waals surface area contributed by atoms with Crippen LogP contribution in [0.25, 0.3) is 0 Å². The Morgan fingerprint density at radius 1 is 1.30 bits per heavy atom. The predicted octanol–water partition coefficient (Wildman–Crippen LogP) is 2.67. The lowest BCUT2D eigenvalue weighted by atomic mass is 9.94. The first-order valence-corrected chi connectivity index (χ1v) is 7.21. The molecule has 1 heterocycles. The SMILES string of the molecule is CC(C)CC[C@H](NC(=O)OC(C)(C)C)C(=O)[C@@]1(C)CO1. The molecule has 5 nitrogen and oxygen atoms in total. The van der Waals surface area contributed by atoms with Gasteiger partial charge in [-0.15, -0.1) is 0 Å². The minimum absolute atomic E-state index is 0.0657. The van der Waals surface area contributed by atoms with E-state index in [0.717, 1.165) is 6.42 Å². The molecule has 5 heteroatoms. The molecular formula is C15H27NO4. The maximum atomic E-state index is 12.3. The number of epoxide rings is 1. The van der Waals surface area contributed by atoms with E-state index in [9.17, 15) is 9.59 Å². The van der Waals surface area contributed by atoms with Crippen molar-refractivity contribution < 1.29 is 19.1 Å². The van der Waals surface area contributed by atoms with E-state index in [0.29, 0.717) is 18.9 Å². The zero-order valence-corrected chi connectivity index (χ0v) is 13.4. The minimum Gasteiger partial charge on any atom is -0.444 e. The van der Waals surface area contributed by atoms with Gasteiger partial charge in [-0.3, -0.25) is 4.79 Å². The number of rotatable bonds is 6. The fourth-order valence-corrected chi connectivity index (χ4v) is 1.84. The van der Waals surface area contributed by atoms with E-state index in [1.807, 2.05) is 0 Å². The second-order valence-corrected chi connectivity index (χ2v) is 7.05. The van der Waals surface area contributed by atoms with Crippen LogP contribution in [0, 0.1) is 5.92 Å². The topological polar surface area (TPSA) is 67.9 Å². The molecule has 2 atom stereocenters. The van der Waals surface area contributed by atoms with Crippen molar-refractivity contribution in [2.24, 2.45) is 5.92 Å². The minimum atomic E-state index is -0.726. The average Bonchev–Trinajstić information content (AvgIpc) is 3.00. The zero-order valence-electron chi connectivity index (χ0n) is 13.4. The summed E-state index contributed by atoms with van der Waals surface area (Å²) >= 11 is 0. The van der Waals surface area contributed by atoms with E-state index >= 15 is 0 Å². The van der Waals surface area contributed by atoms with Gasteiger partial charge in [0.1, 0.15) is 11.2 Å². The van der Waals surface area contributed by atoms with Crippen LogP contribution in [0.5, 0.6) is 0 Å². The Bertz CT molecular complexity index is 367. The predicted molar refractivity (Wildman–Crippen MR) is 76.6 cm³/mol. The maximum Gasteiger partial charge on any atom is 0.408 e. The highest BCUT2D eigenvalue weighted by molar-refractivity contribution is 5.95. The van der Waals surface area contributed by atoms with Gasteiger partial charge in [0.15, 0.2) is 5.78 Å². The first-order valence-electron chi connectivity index (χ1n) is 7.21. The maximum absolute atomic E-state index is 12.3. The number of carbonyl (C=O) groups is 2. The third kappa shape index (κ3) is 5.49. The summed E-state index contributed by atoms with van der Waals surface area (Å²) in [6, 6.07) is -0.542. The van der Waals surface area contributed by atoms with Crippen molar-refractivity contribution in [2.45, 2.75) is 71.6 Å². The monoisotopic (exact) mass is 285 g/mol. The largest absolute Gasteiger partial charge is 0.444 e. The Hall–Kier alpha value is -1.10. The quantitative estimate of drug-likeness (QED) is 0.762. The second kappa shape index (κ2) is 6.12. The number of amides is 1. The third-order valence-electron chi connectivity index (χ3n) is 3.14. The number of alkyl carbamates (subject to hydrolysis) is 1. The second-order valence-electron chi connectivity index (χ2n) is 7.05. The number of hydrogen-bond donors (Lipinski definition) is 1. The highest BCUT2D eigenvalue weighted by Crippen LogP contribution is 2.29. The highest BCUT2D eigenvalue weighted by Gasteiger charge is 2.50. The van der Waals surface area contributed by atoms with Crippen molar-refractivity contribution in [3.63, 3.8) is 0 Å². The molecule has 0 aromatic carbocycles. The Labute approximate surface area is 121 Å². The van der Waals surface area contributed by atoms with Gasteiger partial charge in [-0.25, -0.2) is 4.79 Å². The molecule has 0 radical (unpaired) electrons. The molecule has 0 aromatic rings. The summed E-state index contributed by atoms with van der Waals surface area (Å²) in [5, 5.41) is 2.68. The van der Waals surface area contributed by atoms with Crippen LogP contribution in [-0.2, 0) is 14.3 Å². The van der Waals surface area contributed by atoms with E-state index in [4.69, 9.17) is 9.47 Å². The summed E-state index contributed by atoms with van der Waals surface area (Å²) in [5.41, 5.74) is -1.30. The first-order chi connectivity index (χ1) is 9.03. The van der Waals surface area contributed by atoms with Gasteiger partial charge in [0.05, 0.1) is 12.6 Å². The van der Waals surface area contributed by atoms with Gasteiger partial charge in [-0.1, -0.05) is 13.8 Å². The van der Waals surface area contributed by atoms with Crippen LogP contribution < -0.4 is 5.32 Å². The van der Waals surface area contributed by atoms with Gasteiger partial charge in [0.2, 0.25) is 0 Å². The number of nitrogens with one attached hydrogen (secondary N) is 1. The summed E-state index contributed by atoms with van der Waals surface area (Å²) in [7, 11) is 0. The van der Waals surface area contributed by atoms with Crippen LogP contribution in [0.1, 0.15) is 54.4 Å². The fraction of sp³-hybridized carbons (Fsp3) is 0.867. The van der Waals surface area contributed by atoms with Crippen LogP contribution in [-0.4, -0.2) is 35.7 Å². The molecule has 1 aliphatic heterocycles. The lowest BCUT2D eigenvalue weighted by Gasteiger charge is -2.24. The number of Topliss-reactive ketones (excluding diaryl/α,β-unsaturated/α-hetero) is 1. The molecule has 1 fully saturated rings. The summed E-state index contributed by atoms with van der Waals surface area (Å²) in [6.07, 6.45) is 0.917. The van der Waals surface area contributed by atoms with Crippen molar-refractivity contribution in [3.05, 3.63) is 0 Å². The standard InChI is InChI=1S/C15H27NO4/c1-10(2)7-8-11(12(17)15(6)9-19-15)16-13(18)20-14(3,4)5/h10-11H,7-9H2,1-6H3,(H,16,18)/t11-,15+/m0/s1. The van der Waals surface area contributed by atoms with Crippen LogP contribution in [0.3, 0.4) is 0 Å². The van der Waals surface area contributed by atoms with Crippen LogP contribution in [0.2, 0.25) is 0 Å². The van der Waals surface area contributed by atoms with Gasteiger partial charge in [-0.2, -0.15) is 0 Å². The Morgan fingerprint density at radius 2 is 1.85 bits per heavy atom. The number of hydrogen-bond acceptors (Lipinski definition) is 4. The molecule has 0 aliphatic carbocycles. The van der Waals surface area contributed by atoms with Gasteiger partial charge >= 0.3 is 6.09 Å². The molecule has 0 bridgehead atoms. The number of ether oxygens (including phenoxy) is 2. The molecule has 0 aromatic heterocycles. The van der Waals surface area contributed by atoms with E-state index < -0.39 is 23.3 Å². The van der Waals surface area contributed by atoms with Crippen molar-refractivity contribution in [1.82, 2.24) is 5.32 Å². The van der Waals surface area contributed by atoms with Crippen molar-refractivity contribution in [2.75, 3.05) is 6.61 Å². The van der Waals surface area contributed by atoms with E-state index in [-0.39, 0.29) is 5.78 Å². The molecule has 20 heavy (non-hydrogen) atoms. The molecule has 0 spiro atoms. The molecule has 1 rings (SSSR count). The van der Waals surface area contributed by atoms with Gasteiger partial charge in [0.25, 0.3) is 0 Å². The lowest BCUT2D eigenvalue weighted by molar-refractivity contribution is -0.125. The Morgan fingerprint density at radius 3 is 2.25 bits per heavy atom. The van der Waals surface area contributed by atoms with Gasteiger partial charge in [0, 0.05) is 0 Å². The summed E-state index contributed by atoms with van der Waals surface area (Å²) in [6.45, 7) is 11.7. The molecule has 116 valence electrons. The molecule has 1 saturated heterocycles. The van der Waals surface area contributed by atoms with Gasteiger partial charge in [-0.05, 0) is 46.5 Å². The smallest absolute Gasteiger partial charge is 0.408 e. The van der Waals surface area contributed by atoms with Crippen molar-refractivity contribution >= 4 is 11.9 Å². The Kier molecular flexibility index (Phi) is 5.19. The molecule has 1 amide bonds. The Balaban J connectivity index is 2.62.